The fraction of sp³-hybridized carbons (Fsp3) is 0.417. The summed E-state index contributed by atoms with van der Waals surface area (Å²) >= 11 is 0. The molecule has 48 heavy (non-hydrogen) atoms. The molecule has 0 saturated heterocycles. The Morgan fingerprint density at radius 3 is 2.54 bits per heavy atom. The van der Waals surface area contributed by atoms with Gasteiger partial charge in [-0.2, -0.15) is 0 Å². The van der Waals surface area contributed by atoms with Gasteiger partial charge in [-0.15, -0.1) is 10.2 Å². The number of anilines is 1. The molecular formula is C36H44N6O6. The highest BCUT2D eigenvalue weighted by atomic mass is 16.5. The number of benzene rings is 1. The van der Waals surface area contributed by atoms with Crippen LogP contribution in [0.1, 0.15) is 68.4 Å². The number of nitrogens with zero attached hydrogens (tertiary/aromatic N) is 3. The van der Waals surface area contributed by atoms with E-state index in [9.17, 15) is 14.4 Å². The van der Waals surface area contributed by atoms with Gasteiger partial charge in [0.05, 0.1) is 33.1 Å². The van der Waals surface area contributed by atoms with Gasteiger partial charge in [0.1, 0.15) is 5.82 Å². The lowest BCUT2D eigenvalue weighted by molar-refractivity contribution is -0.121. The number of methoxy groups -OCH3 is 3. The molecule has 3 N–H and O–H groups in total. The third-order valence-corrected chi connectivity index (χ3v) is 8.60. The summed E-state index contributed by atoms with van der Waals surface area (Å²) in [6.07, 6.45) is 7.75. The number of amides is 2. The van der Waals surface area contributed by atoms with Crippen LogP contribution in [0.3, 0.4) is 0 Å². The van der Waals surface area contributed by atoms with Crippen molar-refractivity contribution in [2.75, 3.05) is 39.7 Å². The molecule has 254 valence electrons. The van der Waals surface area contributed by atoms with Crippen molar-refractivity contribution in [3.8, 4) is 28.4 Å². The van der Waals surface area contributed by atoms with Gasteiger partial charge in [0, 0.05) is 44.6 Å². The lowest BCUT2D eigenvalue weighted by atomic mass is 9.95. The molecule has 0 spiro atoms. The van der Waals surface area contributed by atoms with Crippen LogP contribution in [0.15, 0.2) is 53.5 Å². The number of ether oxygens (including phenoxy) is 3. The molecule has 4 aromatic rings. The van der Waals surface area contributed by atoms with E-state index in [0.29, 0.717) is 67.3 Å². The Balaban J connectivity index is 1.18. The van der Waals surface area contributed by atoms with Gasteiger partial charge in [-0.05, 0) is 79.1 Å². The molecule has 0 radical (unpaired) electrons. The van der Waals surface area contributed by atoms with E-state index in [1.165, 1.54) is 6.92 Å². The second-order valence-corrected chi connectivity index (χ2v) is 11.8. The third-order valence-electron chi connectivity index (χ3n) is 8.60. The smallest absolute Gasteiger partial charge is 0.220 e. The monoisotopic (exact) mass is 656 g/mol. The number of pyridine rings is 1. The van der Waals surface area contributed by atoms with Crippen LogP contribution in [0.5, 0.6) is 17.2 Å². The first kappa shape index (κ1) is 34.2. The van der Waals surface area contributed by atoms with Crippen molar-refractivity contribution in [3.05, 3.63) is 75.8 Å². The minimum absolute atomic E-state index is 0.0147. The number of unbranched alkanes of at least 4 members (excludes halogenated alkanes) is 2. The standard InChI is InChI=1S/C36H44N6O6/c1-23(43)39-27-16-14-24-21-30(46-2)35(47-3)36(48-4)34(24)25-15-17-28(29(44)22-26(25)27)37-19-10-13-33(45)38-18-8-5-6-11-31-40-41-32-12-7-9-20-42(31)32/h7,9,12,15,17,20-22,27H,5-6,8,10-11,13-14,16,18-19H2,1-4H3,(H,37,44)(H,38,45)(H,39,43)/t27-/m1/s1. The molecule has 5 rings (SSSR count). The number of hydrogen-bond acceptors (Lipinski definition) is 9. The van der Waals surface area contributed by atoms with Gasteiger partial charge in [-0.3, -0.25) is 18.8 Å². The molecule has 0 aliphatic heterocycles. The van der Waals surface area contributed by atoms with Crippen molar-refractivity contribution in [1.82, 2.24) is 25.2 Å². The van der Waals surface area contributed by atoms with Crippen LogP contribution in [0, 0.1) is 0 Å². The number of carbonyl (C=O) groups is 2. The third kappa shape index (κ3) is 7.87. The lowest BCUT2D eigenvalue weighted by Crippen LogP contribution is -2.26. The Labute approximate surface area is 280 Å². The molecule has 0 saturated carbocycles. The molecule has 2 aromatic carbocycles. The number of hydrogen-bond donors (Lipinski definition) is 3. The Morgan fingerprint density at radius 1 is 0.938 bits per heavy atom. The first-order valence-corrected chi connectivity index (χ1v) is 16.4. The maximum Gasteiger partial charge on any atom is 0.220 e. The second kappa shape index (κ2) is 16.1. The highest BCUT2D eigenvalue weighted by Crippen LogP contribution is 2.50. The largest absolute Gasteiger partial charge is 0.493 e. The van der Waals surface area contributed by atoms with Gasteiger partial charge < -0.3 is 30.2 Å². The van der Waals surface area contributed by atoms with Crippen molar-refractivity contribution in [1.29, 1.82) is 0 Å². The number of aryl methyl sites for hydroxylation is 2. The molecule has 12 heteroatoms. The highest BCUT2D eigenvalue weighted by Gasteiger charge is 2.29. The fourth-order valence-corrected chi connectivity index (χ4v) is 6.29. The predicted molar refractivity (Wildman–Crippen MR) is 184 cm³/mol. The summed E-state index contributed by atoms with van der Waals surface area (Å²) in [7, 11) is 4.70. The summed E-state index contributed by atoms with van der Waals surface area (Å²) < 4.78 is 19.1. The zero-order chi connectivity index (χ0) is 34.0. The maximum atomic E-state index is 13.5. The molecule has 1 aliphatic rings. The van der Waals surface area contributed by atoms with Crippen LogP contribution >= 0.6 is 0 Å². The first-order chi connectivity index (χ1) is 23.3. The zero-order valence-electron chi connectivity index (χ0n) is 28.1. The number of nitrogens with one attached hydrogen (secondary N) is 3. The minimum Gasteiger partial charge on any atom is -0.493 e. The highest BCUT2D eigenvalue weighted by molar-refractivity contribution is 5.84. The van der Waals surface area contributed by atoms with Crippen molar-refractivity contribution in [3.63, 3.8) is 0 Å². The molecule has 12 nitrogen and oxygen atoms in total. The van der Waals surface area contributed by atoms with E-state index in [1.807, 2.05) is 40.9 Å². The second-order valence-electron chi connectivity index (χ2n) is 11.8. The van der Waals surface area contributed by atoms with Crippen LogP contribution in [-0.2, 0) is 22.4 Å². The fourth-order valence-electron chi connectivity index (χ4n) is 6.29. The van der Waals surface area contributed by atoms with E-state index in [1.54, 1.807) is 33.5 Å². The van der Waals surface area contributed by atoms with Crippen LogP contribution in [-0.4, -0.2) is 60.8 Å². The summed E-state index contributed by atoms with van der Waals surface area (Å²) in [5.41, 5.74) is 4.26. The summed E-state index contributed by atoms with van der Waals surface area (Å²) in [6.45, 7) is 2.54. The molecule has 0 fully saturated rings. The van der Waals surface area contributed by atoms with E-state index < -0.39 is 0 Å². The average Bonchev–Trinajstić information content (AvgIpc) is 3.35. The SMILES string of the molecule is COc1cc2c(c(OC)c1OC)-c1ccc(NCCCC(=O)NCCCCCc3nnc4ccccn34)c(=O)cc1[C@H](NC(C)=O)CC2. The molecule has 2 aromatic heterocycles. The summed E-state index contributed by atoms with van der Waals surface area (Å²) in [5.74, 6) is 2.24. The normalized spacial score (nSPS) is 13.5. The van der Waals surface area contributed by atoms with Crippen LogP contribution in [0.2, 0.25) is 0 Å². The molecule has 0 bridgehead atoms. The number of rotatable bonds is 15. The van der Waals surface area contributed by atoms with Crippen LogP contribution < -0.4 is 35.6 Å². The zero-order valence-corrected chi connectivity index (χ0v) is 28.1. The topological polar surface area (TPSA) is 145 Å². The van der Waals surface area contributed by atoms with E-state index in [4.69, 9.17) is 14.2 Å². The molecule has 2 amide bonds. The van der Waals surface area contributed by atoms with Crippen molar-refractivity contribution in [2.45, 2.75) is 64.3 Å². The number of fused-ring (bicyclic) bond motifs is 4. The van der Waals surface area contributed by atoms with Gasteiger partial charge in [-0.1, -0.05) is 18.6 Å². The summed E-state index contributed by atoms with van der Waals surface area (Å²) in [6, 6.07) is 12.6. The lowest BCUT2D eigenvalue weighted by Gasteiger charge is -2.19. The molecule has 1 atom stereocenters. The van der Waals surface area contributed by atoms with Crippen molar-refractivity contribution < 1.29 is 23.8 Å². The van der Waals surface area contributed by atoms with Crippen molar-refractivity contribution in [2.24, 2.45) is 0 Å². The van der Waals surface area contributed by atoms with Gasteiger partial charge in [-0.25, -0.2) is 0 Å². The quantitative estimate of drug-likeness (QED) is 0.156. The Hall–Kier alpha value is -5.13. The van der Waals surface area contributed by atoms with Gasteiger partial charge in [0.15, 0.2) is 17.1 Å². The molecule has 2 heterocycles. The Bertz CT molecular complexity index is 1820. The average molecular weight is 657 g/mol. The minimum atomic E-state index is -0.383. The number of aromatic nitrogens is 3. The van der Waals surface area contributed by atoms with Gasteiger partial charge in [0.25, 0.3) is 0 Å². The Morgan fingerprint density at radius 2 is 1.77 bits per heavy atom. The molecular weight excluding hydrogens is 612 g/mol. The molecule has 0 unspecified atom stereocenters. The number of carbonyl (C=O) groups excluding carboxylic acids is 2. The van der Waals surface area contributed by atoms with Crippen molar-refractivity contribution >= 4 is 23.1 Å². The van der Waals surface area contributed by atoms with Crippen LogP contribution in [0.25, 0.3) is 16.8 Å². The van der Waals surface area contributed by atoms with Gasteiger partial charge in [0.2, 0.25) is 23.0 Å². The van der Waals surface area contributed by atoms with Gasteiger partial charge >= 0.3 is 0 Å². The maximum absolute atomic E-state index is 13.5. The van der Waals surface area contributed by atoms with E-state index in [0.717, 1.165) is 53.8 Å². The Kier molecular flexibility index (Phi) is 11.5. The molecule has 1 aliphatic carbocycles. The predicted octanol–water partition coefficient (Wildman–Crippen LogP) is 4.63. The van der Waals surface area contributed by atoms with Crippen LogP contribution in [0.4, 0.5) is 5.69 Å². The van der Waals surface area contributed by atoms with E-state index in [-0.39, 0.29) is 23.3 Å². The van der Waals surface area contributed by atoms with E-state index >= 15 is 0 Å². The summed E-state index contributed by atoms with van der Waals surface area (Å²) in [4.78, 5) is 38.1. The van der Waals surface area contributed by atoms with E-state index in [2.05, 4.69) is 26.1 Å². The summed E-state index contributed by atoms with van der Waals surface area (Å²) in [5, 5.41) is 17.7. The first-order valence-electron chi connectivity index (χ1n) is 16.4.